The molecule has 0 aliphatic carbocycles. The molecule has 0 aromatic heterocycles. The van der Waals surface area contributed by atoms with Crippen LogP contribution >= 0.6 is 0 Å². The summed E-state index contributed by atoms with van der Waals surface area (Å²) in [6.07, 6.45) is 2.02. The Morgan fingerprint density at radius 1 is 0.630 bits per heavy atom. The second kappa shape index (κ2) is 7.92. The molecule has 0 saturated heterocycles. The summed E-state index contributed by atoms with van der Waals surface area (Å²) in [5.74, 6) is 0. The molecule has 3 aromatic rings. The van der Waals surface area contributed by atoms with Crippen molar-refractivity contribution in [1.82, 2.24) is 0 Å². The molecule has 1 nitrogen and oxygen atoms in total. The molecule has 0 radical (unpaired) electrons. The molecule has 0 spiro atoms. The lowest BCUT2D eigenvalue weighted by atomic mass is 9.85. The van der Waals surface area contributed by atoms with E-state index < -0.39 is 0 Å². The van der Waals surface area contributed by atoms with Gasteiger partial charge in [0, 0.05) is 6.21 Å². The fourth-order valence-corrected chi connectivity index (χ4v) is 4.24. The molecule has 0 atom stereocenters. The third-order valence-electron chi connectivity index (χ3n) is 5.20. The Labute approximate surface area is 163 Å². The van der Waals surface area contributed by atoms with Gasteiger partial charge >= 0.3 is 0 Å². The summed E-state index contributed by atoms with van der Waals surface area (Å²) in [6, 6.07) is 19.4. The maximum Gasteiger partial charge on any atom is 0.101 e. The molecular weight excluding hydrogens is 326 g/mol. The molecule has 0 bridgehead atoms. The van der Waals surface area contributed by atoms with Crippen molar-refractivity contribution in [2.45, 2.75) is 47.6 Å². The predicted octanol–water partition coefficient (Wildman–Crippen LogP) is 6.75. The van der Waals surface area contributed by atoms with Crippen LogP contribution in [-0.2, 0) is 0 Å². The lowest BCUT2D eigenvalue weighted by Crippen LogP contribution is -2.08. The van der Waals surface area contributed by atoms with E-state index in [1.807, 2.05) is 12.3 Å². The first kappa shape index (κ1) is 19.1. The smallest absolute Gasteiger partial charge is 0.101 e. The number of rotatable bonds is 4. The normalized spacial score (nSPS) is 11.5. The standard InChI is InChI=1S/C26H29N/c1-17-12-19(3)24(20(4)13-17)26(27-16-23-10-8-7-9-11-23)25-21(5)14-18(2)15-22(25)6/h7-16,26H,1-6H3. The second-order valence-corrected chi connectivity index (χ2v) is 7.72. The molecule has 0 unspecified atom stereocenters. The number of hydrogen-bond donors (Lipinski definition) is 0. The van der Waals surface area contributed by atoms with Crippen molar-refractivity contribution in [3.05, 3.63) is 105 Å². The molecule has 0 saturated carbocycles. The summed E-state index contributed by atoms with van der Waals surface area (Å²) < 4.78 is 0. The van der Waals surface area contributed by atoms with Gasteiger partial charge in [0.1, 0.15) is 6.04 Å². The van der Waals surface area contributed by atoms with Gasteiger partial charge in [0.25, 0.3) is 0 Å². The SMILES string of the molecule is Cc1cc(C)c(C(N=Cc2ccccc2)c2c(C)cc(C)cc2C)c(C)c1. The first-order valence-corrected chi connectivity index (χ1v) is 9.60. The van der Waals surface area contributed by atoms with Gasteiger partial charge in [0.15, 0.2) is 0 Å². The van der Waals surface area contributed by atoms with Crippen LogP contribution in [0.3, 0.4) is 0 Å². The van der Waals surface area contributed by atoms with Crippen LogP contribution in [0.25, 0.3) is 0 Å². The molecule has 3 aromatic carbocycles. The number of benzene rings is 3. The van der Waals surface area contributed by atoms with Crippen LogP contribution in [0.2, 0.25) is 0 Å². The van der Waals surface area contributed by atoms with Crippen LogP contribution in [0.1, 0.15) is 56.1 Å². The summed E-state index contributed by atoms with van der Waals surface area (Å²) in [6.45, 7) is 13.2. The maximum absolute atomic E-state index is 5.11. The molecule has 3 rings (SSSR count). The third-order valence-corrected chi connectivity index (χ3v) is 5.20. The Hall–Kier alpha value is -2.67. The van der Waals surface area contributed by atoms with Gasteiger partial charge in [-0.2, -0.15) is 0 Å². The largest absolute Gasteiger partial charge is 0.280 e. The van der Waals surface area contributed by atoms with E-state index in [2.05, 4.69) is 90.1 Å². The summed E-state index contributed by atoms with van der Waals surface area (Å²) in [4.78, 5) is 5.11. The number of aryl methyl sites for hydroxylation is 6. The van der Waals surface area contributed by atoms with Crippen molar-refractivity contribution in [3.63, 3.8) is 0 Å². The van der Waals surface area contributed by atoms with E-state index in [0.717, 1.165) is 5.56 Å². The number of aliphatic imine (C=N–C) groups is 1. The monoisotopic (exact) mass is 355 g/mol. The van der Waals surface area contributed by atoms with Gasteiger partial charge in [-0.25, -0.2) is 0 Å². The summed E-state index contributed by atoms with van der Waals surface area (Å²) in [7, 11) is 0. The number of hydrogen-bond acceptors (Lipinski definition) is 1. The highest BCUT2D eigenvalue weighted by Crippen LogP contribution is 2.36. The van der Waals surface area contributed by atoms with Crippen LogP contribution in [0.5, 0.6) is 0 Å². The van der Waals surface area contributed by atoms with E-state index in [-0.39, 0.29) is 6.04 Å². The quantitative estimate of drug-likeness (QED) is 0.459. The molecule has 0 N–H and O–H groups in total. The minimum absolute atomic E-state index is 0.00593. The van der Waals surface area contributed by atoms with Crippen molar-refractivity contribution in [1.29, 1.82) is 0 Å². The van der Waals surface area contributed by atoms with E-state index >= 15 is 0 Å². The van der Waals surface area contributed by atoms with E-state index in [0.29, 0.717) is 0 Å². The van der Waals surface area contributed by atoms with Crippen LogP contribution in [0.15, 0.2) is 59.6 Å². The minimum Gasteiger partial charge on any atom is -0.280 e. The van der Waals surface area contributed by atoms with E-state index in [1.54, 1.807) is 0 Å². The van der Waals surface area contributed by atoms with E-state index in [1.165, 1.54) is 44.5 Å². The van der Waals surface area contributed by atoms with Crippen molar-refractivity contribution in [2.75, 3.05) is 0 Å². The zero-order valence-corrected chi connectivity index (χ0v) is 17.3. The van der Waals surface area contributed by atoms with Gasteiger partial charge in [-0.1, -0.05) is 65.7 Å². The van der Waals surface area contributed by atoms with E-state index in [4.69, 9.17) is 4.99 Å². The van der Waals surface area contributed by atoms with Crippen LogP contribution in [0, 0.1) is 41.5 Å². The van der Waals surface area contributed by atoms with Crippen molar-refractivity contribution >= 4 is 6.21 Å². The molecule has 138 valence electrons. The van der Waals surface area contributed by atoms with Gasteiger partial charge < -0.3 is 0 Å². The predicted molar refractivity (Wildman–Crippen MR) is 117 cm³/mol. The molecule has 0 amide bonds. The Kier molecular flexibility index (Phi) is 5.60. The first-order chi connectivity index (χ1) is 12.9. The highest BCUT2D eigenvalue weighted by atomic mass is 14.8. The zero-order valence-electron chi connectivity index (χ0n) is 17.3. The topological polar surface area (TPSA) is 12.4 Å². The Morgan fingerprint density at radius 3 is 1.44 bits per heavy atom. The fraction of sp³-hybridized carbons (Fsp3) is 0.269. The molecule has 0 aliphatic heterocycles. The summed E-state index contributed by atoms with van der Waals surface area (Å²) >= 11 is 0. The number of nitrogens with zero attached hydrogens (tertiary/aromatic N) is 1. The second-order valence-electron chi connectivity index (χ2n) is 7.72. The lowest BCUT2D eigenvalue weighted by Gasteiger charge is -2.23. The van der Waals surface area contributed by atoms with Crippen LogP contribution in [-0.4, -0.2) is 6.21 Å². The van der Waals surface area contributed by atoms with Gasteiger partial charge in [-0.3, -0.25) is 4.99 Å². The molecule has 0 aliphatic rings. The average Bonchev–Trinajstić information content (AvgIpc) is 2.58. The summed E-state index contributed by atoms with van der Waals surface area (Å²) in [5.41, 5.74) is 11.6. The molecule has 1 heteroatoms. The van der Waals surface area contributed by atoms with Crippen LogP contribution in [0.4, 0.5) is 0 Å². The van der Waals surface area contributed by atoms with Crippen molar-refractivity contribution in [3.8, 4) is 0 Å². The first-order valence-electron chi connectivity index (χ1n) is 9.60. The van der Waals surface area contributed by atoms with Crippen molar-refractivity contribution < 1.29 is 0 Å². The van der Waals surface area contributed by atoms with Gasteiger partial charge in [-0.05, 0) is 80.5 Å². The Morgan fingerprint density at radius 2 is 1.04 bits per heavy atom. The van der Waals surface area contributed by atoms with Gasteiger partial charge in [-0.15, -0.1) is 0 Å². The molecule has 0 fully saturated rings. The minimum atomic E-state index is 0.00593. The average molecular weight is 356 g/mol. The Bertz CT molecular complexity index is 877. The molecule has 27 heavy (non-hydrogen) atoms. The van der Waals surface area contributed by atoms with E-state index in [9.17, 15) is 0 Å². The highest BCUT2D eigenvalue weighted by molar-refractivity contribution is 5.80. The lowest BCUT2D eigenvalue weighted by molar-refractivity contribution is 0.838. The zero-order chi connectivity index (χ0) is 19.6. The van der Waals surface area contributed by atoms with Gasteiger partial charge in [0.2, 0.25) is 0 Å². The van der Waals surface area contributed by atoms with Gasteiger partial charge in [0.05, 0.1) is 0 Å². The fourth-order valence-electron chi connectivity index (χ4n) is 4.24. The van der Waals surface area contributed by atoms with Crippen LogP contribution < -0.4 is 0 Å². The highest BCUT2D eigenvalue weighted by Gasteiger charge is 2.21. The summed E-state index contributed by atoms with van der Waals surface area (Å²) in [5, 5.41) is 0. The third kappa shape index (κ3) is 4.19. The van der Waals surface area contributed by atoms with Crippen molar-refractivity contribution in [2.24, 2.45) is 4.99 Å². The Balaban J connectivity index is 2.21. The molecule has 0 heterocycles. The maximum atomic E-state index is 5.11. The molecular formula is C26H29N.